The standard InChI is InChI=1S/C18H13ClN4OS2/c1-10-5-6-13-15(7-10)26-18(21-13)23-16(24)14-9-25-17(22-14)20-12-4-2-3-11(19)8-12/h2-9H,1H3,(H,20,22)(H,21,23,24). The summed E-state index contributed by atoms with van der Waals surface area (Å²) in [5.41, 5.74) is 3.20. The highest BCUT2D eigenvalue weighted by molar-refractivity contribution is 7.22. The third-order valence-corrected chi connectivity index (χ3v) is 5.50. The van der Waals surface area contributed by atoms with E-state index in [0.717, 1.165) is 21.5 Å². The van der Waals surface area contributed by atoms with Gasteiger partial charge in [-0.2, -0.15) is 0 Å². The second kappa shape index (κ2) is 7.03. The van der Waals surface area contributed by atoms with E-state index in [2.05, 4.69) is 26.7 Å². The quantitative estimate of drug-likeness (QED) is 0.460. The number of carbonyl (C=O) groups excluding carboxylic acids is 1. The highest BCUT2D eigenvalue weighted by atomic mass is 35.5. The van der Waals surface area contributed by atoms with Crippen molar-refractivity contribution in [1.82, 2.24) is 9.97 Å². The monoisotopic (exact) mass is 400 g/mol. The summed E-state index contributed by atoms with van der Waals surface area (Å²) in [5.74, 6) is -0.281. The Morgan fingerprint density at radius 3 is 2.85 bits per heavy atom. The number of aromatic nitrogens is 2. The predicted molar refractivity (Wildman–Crippen MR) is 109 cm³/mol. The summed E-state index contributed by atoms with van der Waals surface area (Å²) in [6, 6.07) is 13.3. The minimum atomic E-state index is -0.281. The van der Waals surface area contributed by atoms with Crippen LogP contribution in [0.4, 0.5) is 16.0 Å². The number of hydrogen-bond donors (Lipinski definition) is 2. The molecule has 2 N–H and O–H groups in total. The molecule has 0 saturated carbocycles. The molecule has 0 spiro atoms. The van der Waals surface area contributed by atoms with Crippen molar-refractivity contribution in [2.45, 2.75) is 6.92 Å². The van der Waals surface area contributed by atoms with Gasteiger partial charge < -0.3 is 5.32 Å². The number of nitrogens with one attached hydrogen (secondary N) is 2. The first-order valence-electron chi connectivity index (χ1n) is 7.73. The zero-order chi connectivity index (χ0) is 18.1. The molecule has 4 rings (SSSR count). The number of benzene rings is 2. The van der Waals surface area contributed by atoms with Crippen molar-refractivity contribution in [2.75, 3.05) is 10.6 Å². The van der Waals surface area contributed by atoms with Crippen molar-refractivity contribution in [3.63, 3.8) is 0 Å². The maximum absolute atomic E-state index is 12.4. The third kappa shape index (κ3) is 3.70. The van der Waals surface area contributed by atoms with E-state index < -0.39 is 0 Å². The van der Waals surface area contributed by atoms with Crippen molar-refractivity contribution < 1.29 is 4.79 Å². The first kappa shape index (κ1) is 17.0. The largest absolute Gasteiger partial charge is 0.331 e. The second-order valence-electron chi connectivity index (χ2n) is 5.62. The number of rotatable bonds is 4. The Bertz CT molecular complexity index is 1110. The maximum atomic E-state index is 12.4. The molecule has 5 nitrogen and oxygen atoms in total. The topological polar surface area (TPSA) is 66.9 Å². The number of amides is 1. The number of carbonyl (C=O) groups is 1. The second-order valence-corrected chi connectivity index (χ2v) is 7.94. The molecule has 1 amide bonds. The highest BCUT2D eigenvalue weighted by Crippen LogP contribution is 2.28. The number of thiazole rings is 2. The molecule has 0 aliphatic carbocycles. The summed E-state index contributed by atoms with van der Waals surface area (Å²) in [6.07, 6.45) is 0. The fraction of sp³-hybridized carbons (Fsp3) is 0.0556. The molecule has 0 radical (unpaired) electrons. The van der Waals surface area contributed by atoms with Crippen LogP contribution in [0, 0.1) is 6.92 Å². The minimum Gasteiger partial charge on any atom is -0.331 e. The van der Waals surface area contributed by atoms with Gasteiger partial charge in [0.15, 0.2) is 10.3 Å². The first-order chi connectivity index (χ1) is 12.6. The van der Waals surface area contributed by atoms with Gasteiger partial charge in [0.2, 0.25) is 0 Å². The van der Waals surface area contributed by atoms with Crippen LogP contribution in [0.15, 0.2) is 47.8 Å². The molecule has 0 saturated heterocycles. The summed E-state index contributed by atoms with van der Waals surface area (Å²) in [5, 5.41) is 9.49. The zero-order valence-electron chi connectivity index (χ0n) is 13.6. The van der Waals surface area contributed by atoms with Crippen LogP contribution in [0.25, 0.3) is 10.2 Å². The van der Waals surface area contributed by atoms with Crippen molar-refractivity contribution in [3.8, 4) is 0 Å². The zero-order valence-corrected chi connectivity index (χ0v) is 16.0. The summed E-state index contributed by atoms with van der Waals surface area (Å²) < 4.78 is 1.04. The van der Waals surface area contributed by atoms with E-state index in [4.69, 9.17) is 11.6 Å². The summed E-state index contributed by atoms with van der Waals surface area (Å²) in [4.78, 5) is 21.2. The van der Waals surface area contributed by atoms with Gasteiger partial charge >= 0.3 is 0 Å². The molecule has 0 atom stereocenters. The Kier molecular flexibility index (Phi) is 4.58. The first-order valence-corrected chi connectivity index (χ1v) is 9.81. The molecule has 4 aromatic rings. The van der Waals surface area contributed by atoms with Crippen molar-refractivity contribution in [3.05, 3.63) is 64.1 Å². The SMILES string of the molecule is Cc1ccc2nc(NC(=O)c3csc(Nc4cccc(Cl)c4)n3)sc2c1. The van der Waals surface area contributed by atoms with Gasteiger partial charge in [0.05, 0.1) is 10.2 Å². The normalized spacial score (nSPS) is 10.8. The Morgan fingerprint density at radius 2 is 2.00 bits per heavy atom. The average molecular weight is 401 g/mol. The van der Waals surface area contributed by atoms with Crippen molar-refractivity contribution >= 4 is 66.3 Å². The third-order valence-electron chi connectivity index (χ3n) is 3.58. The van der Waals surface area contributed by atoms with E-state index in [1.54, 1.807) is 17.5 Å². The summed E-state index contributed by atoms with van der Waals surface area (Å²) in [6.45, 7) is 2.03. The van der Waals surface area contributed by atoms with Gasteiger partial charge in [-0.05, 0) is 42.8 Å². The lowest BCUT2D eigenvalue weighted by Gasteiger charge is -2.02. The number of anilines is 3. The van der Waals surface area contributed by atoms with Gasteiger partial charge in [-0.25, -0.2) is 9.97 Å². The Balaban J connectivity index is 1.48. The fourth-order valence-electron chi connectivity index (χ4n) is 2.37. The Hall–Kier alpha value is -2.48. The number of fused-ring (bicyclic) bond motifs is 1. The Labute approximate surface area is 162 Å². The van der Waals surface area contributed by atoms with Crippen molar-refractivity contribution in [2.24, 2.45) is 0 Å². The molecule has 0 aliphatic heterocycles. The van der Waals surface area contributed by atoms with Gasteiger partial charge in [0.1, 0.15) is 5.69 Å². The van der Waals surface area contributed by atoms with Crippen LogP contribution in [0.5, 0.6) is 0 Å². The van der Waals surface area contributed by atoms with E-state index in [1.807, 2.05) is 31.2 Å². The van der Waals surface area contributed by atoms with E-state index >= 15 is 0 Å². The molecule has 0 bridgehead atoms. The number of halogens is 1. The van der Waals surface area contributed by atoms with E-state index in [0.29, 0.717) is 21.0 Å². The summed E-state index contributed by atoms with van der Waals surface area (Å²) in [7, 11) is 0. The molecule has 2 aromatic carbocycles. The maximum Gasteiger partial charge on any atom is 0.276 e. The number of nitrogens with zero attached hydrogens (tertiary/aromatic N) is 2. The average Bonchev–Trinajstić information content (AvgIpc) is 3.21. The smallest absolute Gasteiger partial charge is 0.276 e. The molecule has 0 fully saturated rings. The van der Waals surface area contributed by atoms with E-state index in [-0.39, 0.29) is 5.91 Å². The van der Waals surface area contributed by atoms with Crippen LogP contribution >= 0.6 is 34.3 Å². The van der Waals surface area contributed by atoms with Crippen molar-refractivity contribution in [1.29, 1.82) is 0 Å². The fourth-order valence-corrected chi connectivity index (χ4v) is 4.23. The predicted octanol–water partition coefficient (Wildman–Crippen LogP) is 5.71. The molecule has 2 heterocycles. The molecular weight excluding hydrogens is 388 g/mol. The van der Waals surface area contributed by atoms with Crippen LogP contribution in [-0.4, -0.2) is 15.9 Å². The van der Waals surface area contributed by atoms with Crippen LogP contribution in [0.1, 0.15) is 16.1 Å². The van der Waals surface area contributed by atoms with Gasteiger partial charge in [-0.15, -0.1) is 11.3 Å². The van der Waals surface area contributed by atoms with E-state index in [9.17, 15) is 4.79 Å². The number of aryl methyl sites for hydroxylation is 1. The van der Waals surface area contributed by atoms with Gasteiger partial charge in [0.25, 0.3) is 5.91 Å². The molecular formula is C18H13ClN4OS2. The lowest BCUT2D eigenvalue weighted by Crippen LogP contribution is -2.12. The van der Waals surface area contributed by atoms with Gasteiger partial charge in [0, 0.05) is 16.1 Å². The minimum absolute atomic E-state index is 0.281. The van der Waals surface area contributed by atoms with Crippen LogP contribution in [-0.2, 0) is 0 Å². The Morgan fingerprint density at radius 1 is 1.12 bits per heavy atom. The van der Waals surface area contributed by atoms with Crippen LogP contribution < -0.4 is 10.6 Å². The molecule has 0 unspecified atom stereocenters. The molecule has 0 aliphatic rings. The lowest BCUT2D eigenvalue weighted by molar-refractivity contribution is 0.102. The van der Waals surface area contributed by atoms with Crippen LogP contribution in [0.2, 0.25) is 5.02 Å². The number of hydrogen-bond acceptors (Lipinski definition) is 6. The van der Waals surface area contributed by atoms with Gasteiger partial charge in [-0.3, -0.25) is 10.1 Å². The molecule has 130 valence electrons. The van der Waals surface area contributed by atoms with Crippen LogP contribution in [0.3, 0.4) is 0 Å². The molecule has 26 heavy (non-hydrogen) atoms. The molecule has 2 aromatic heterocycles. The molecule has 8 heteroatoms. The summed E-state index contributed by atoms with van der Waals surface area (Å²) >= 11 is 8.77. The van der Waals surface area contributed by atoms with E-state index in [1.165, 1.54) is 22.7 Å². The highest BCUT2D eigenvalue weighted by Gasteiger charge is 2.14. The lowest BCUT2D eigenvalue weighted by atomic mass is 10.2. The van der Waals surface area contributed by atoms with Gasteiger partial charge in [-0.1, -0.05) is 35.1 Å².